The fourth-order valence-corrected chi connectivity index (χ4v) is 2.24. The first-order chi connectivity index (χ1) is 8.91. The van der Waals surface area contributed by atoms with Gasteiger partial charge in [0.1, 0.15) is 12.5 Å². The van der Waals surface area contributed by atoms with Crippen molar-refractivity contribution in [3.63, 3.8) is 0 Å². The summed E-state index contributed by atoms with van der Waals surface area (Å²) in [5.74, 6) is 0. The van der Waals surface area contributed by atoms with Gasteiger partial charge in [0.2, 0.25) is 0 Å². The predicted octanol–water partition coefficient (Wildman–Crippen LogP) is -0.908. The fourth-order valence-electron chi connectivity index (χ4n) is 1.40. The molecule has 8 N–H and O–H groups in total. The maximum atomic E-state index is 11.5. The molecule has 0 fully saturated rings. The third-order valence-corrected chi connectivity index (χ3v) is 3.33. The Labute approximate surface area is 115 Å². The Hall–Kier alpha value is -0.290. The van der Waals surface area contributed by atoms with Crippen LogP contribution in [0.15, 0.2) is 0 Å². The van der Waals surface area contributed by atoms with Crippen LogP contribution in [-0.2, 0) is 18.8 Å². The molecule has 0 aromatic heterocycles. The van der Waals surface area contributed by atoms with Crippen LogP contribution in [0.4, 0.5) is 0 Å². The maximum absolute atomic E-state index is 11.5. The fraction of sp³-hybridized carbons (Fsp3) is 1.00. The molecule has 2 atom stereocenters. The molecule has 8 nitrogen and oxygen atoms in total. The molecule has 0 aliphatic heterocycles. The van der Waals surface area contributed by atoms with Crippen molar-refractivity contribution in [2.45, 2.75) is 51.0 Å². The molecule has 0 rings (SSSR count). The van der Waals surface area contributed by atoms with E-state index < -0.39 is 22.9 Å². The molecule has 9 heteroatoms. The summed E-state index contributed by atoms with van der Waals surface area (Å²) in [5.41, 5.74) is 21.7. The van der Waals surface area contributed by atoms with E-state index in [0.29, 0.717) is 38.8 Å². The van der Waals surface area contributed by atoms with Gasteiger partial charge in [0.05, 0.1) is 0 Å². The highest BCUT2D eigenvalue weighted by atomic mass is 32.3. The Kier molecular flexibility index (Phi) is 10.3. The van der Waals surface area contributed by atoms with Gasteiger partial charge in [-0.1, -0.05) is 0 Å². The van der Waals surface area contributed by atoms with Crippen LogP contribution in [0.25, 0.3) is 0 Å². The maximum Gasteiger partial charge on any atom is 0.402 e. The Balaban J connectivity index is 3.95. The second-order valence-electron chi connectivity index (χ2n) is 4.25. The first-order valence-corrected chi connectivity index (χ1v) is 7.77. The van der Waals surface area contributed by atoms with Crippen molar-refractivity contribution in [2.24, 2.45) is 22.9 Å². The molecular formula is C10H26N4O4S. The summed E-state index contributed by atoms with van der Waals surface area (Å²) in [4.78, 5) is 0. The van der Waals surface area contributed by atoms with Gasteiger partial charge in [0.15, 0.2) is 0 Å². The SMILES string of the molecule is NCCCCC(N)OS(=O)(=O)OC(N)CCCCN. The first kappa shape index (κ1) is 18.7. The molecule has 0 bridgehead atoms. The lowest BCUT2D eigenvalue weighted by atomic mass is 10.2. The van der Waals surface area contributed by atoms with Crippen molar-refractivity contribution >= 4 is 10.4 Å². The van der Waals surface area contributed by atoms with Crippen molar-refractivity contribution < 1.29 is 16.8 Å². The number of hydrogen-bond acceptors (Lipinski definition) is 8. The van der Waals surface area contributed by atoms with Crippen molar-refractivity contribution in [1.82, 2.24) is 0 Å². The molecule has 0 aliphatic rings. The number of nitrogens with two attached hydrogens (primary N) is 4. The number of rotatable bonds is 12. The number of hydrogen-bond donors (Lipinski definition) is 4. The van der Waals surface area contributed by atoms with Crippen LogP contribution in [0.5, 0.6) is 0 Å². The van der Waals surface area contributed by atoms with E-state index in [1.54, 1.807) is 0 Å². The molecule has 0 aromatic carbocycles. The lowest BCUT2D eigenvalue weighted by molar-refractivity contribution is 0.117. The van der Waals surface area contributed by atoms with Crippen LogP contribution < -0.4 is 22.9 Å². The van der Waals surface area contributed by atoms with Gasteiger partial charge < -0.3 is 22.9 Å². The molecule has 0 saturated heterocycles. The van der Waals surface area contributed by atoms with E-state index in [-0.39, 0.29) is 0 Å². The van der Waals surface area contributed by atoms with E-state index in [9.17, 15) is 8.42 Å². The second-order valence-corrected chi connectivity index (χ2v) is 5.45. The van der Waals surface area contributed by atoms with Gasteiger partial charge in [-0.2, -0.15) is 8.42 Å². The number of unbranched alkanes of at least 4 members (excludes halogenated alkanes) is 2. The lowest BCUT2D eigenvalue weighted by Gasteiger charge is -2.15. The van der Waals surface area contributed by atoms with Crippen LogP contribution >= 0.6 is 0 Å². The normalized spacial score (nSPS) is 15.4. The Morgan fingerprint density at radius 1 is 0.789 bits per heavy atom. The highest BCUT2D eigenvalue weighted by Gasteiger charge is 2.20. The van der Waals surface area contributed by atoms with E-state index in [0.717, 1.165) is 12.8 Å². The van der Waals surface area contributed by atoms with Crippen LogP contribution in [0.2, 0.25) is 0 Å². The third-order valence-electron chi connectivity index (χ3n) is 2.37. The minimum atomic E-state index is -4.17. The monoisotopic (exact) mass is 298 g/mol. The van der Waals surface area contributed by atoms with E-state index in [4.69, 9.17) is 22.9 Å². The average molecular weight is 298 g/mol. The molecule has 116 valence electrons. The summed E-state index contributed by atoms with van der Waals surface area (Å²) in [7, 11) is -4.17. The molecule has 0 aliphatic carbocycles. The minimum absolute atomic E-state index is 0.391. The second kappa shape index (κ2) is 10.5. The zero-order valence-electron chi connectivity index (χ0n) is 11.2. The largest absolute Gasteiger partial charge is 0.402 e. The molecular weight excluding hydrogens is 272 g/mol. The van der Waals surface area contributed by atoms with Gasteiger partial charge in [-0.25, -0.2) is 8.37 Å². The molecule has 0 saturated carbocycles. The van der Waals surface area contributed by atoms with Gasteiger partial charge in [-0.05, 0) is 51.6 Å². The summed E-state index contributed by atoms with van der Waals surface area (Å²) in [6.07, 6.45) is 1.81. The standard InChI is InChI=1S/C10H26N4O4S/c11-7-3-1-5-9(13)17-19(15,16)18-10(14)6-2-4-8-12/h9-10H,1-8,11-14H2. The van der Waals surface area contributed by atoms with Gasteiger partial charge >= 0.3 is 10.4 Å². The van der Waals surface area contributed by atoms with Crippen LogP contribution in [0.1, 0.15) is 38.5 Å². The van der Waals surface area contributed by atoms with Crippen molar-refractivity contribution in [3.05, 3.63) is 0 Å². The van der Waals surface area contributed by atoms with Crippen LogP contribution in [0, 0.1) is 0 Å². The smallest absolute Gasteiger partial charge is 0.330 e. The predicted molar refractivity (Wildman–Crippen MR) is 72.9 cm³/mol. The highest BCUT2D eigenvalue weighted by Crippen LogP contribution is 2.09. The third kappa shape index (κ3) is 11.3. The quantitative estimate of drug-likeness (QED) is 0.266. The Bertz CT molecular complexity index is 289. The molecule has 0 amide bonds. The zero-order valence-corrected chi connectivity index (χ0v) is 12.0. The summed E-state index contributed by atoms with van der Waals surface area (Å²) < 4.78 is 32.2. The molecule has 0 radical (unpaired) electrons. The van der Waals surface area contributed by atoms with E-state index in [1.807, 2.05) is 0 Å². The van der Waals surface area contributed by atoms with Gasteiger partial charge in [0.25, 0.3) is 0 Å². The van der Waals surface area contributed by atoms with Crippen molar-refractivity contribution in [3.8, 4) is 0 Å². The summed E-state index contributed by atoms with van der Waals surface area (Å²) in [6, 6.07) is 0. The molecule has 19 heavy (non-hydrogen) atoms. The van der Waals surface area contributed by atoms with Crippen LogP contribution in [-0.4, -0.2) is 34.0 Å². The summed E-state index contributed by atoms with van der Waals surface area (Å²) in [5, 5.41) is 0. The highest BCUT2D eigenvalue weighted by molar-refractivity contribution is 7.81. The van der Waals surface area contributed by atoms with E-state index in [1.165, 1.54) is 0 Å². The van der Waals surface area contributed by atoms with Gasteiger partial charge in [0, 0.05) is 0 Å². The van der Waals surface area contributed by atoms with E-state index >= 15 is 0 Å². The molecule has 2 unspecified atom stereocenters. The summed E-state index contributed by atoms with van der Waals surface area (Å²) >= 11 is 0. The van der Waals surface area contributed by atoms with Gasteiger partial charge in [-0.3, -0.25) is 0 Å². The first-order valence-electron chi connectivity index (χ1n) is 6.44. The van der Waals surface area contributed by atoms with Gasteiger partial charge in [-0.15, -0.1) is 0 Å². The summed E-state index contributed by atoms with van der Waals surface area (Å²) in [6.45, 7) is 1.06. The minimum Gasteiger partial charge on any atom is -0.330 e. The van der Waals surface area contributed by atoms with Crippen LogP contribution in [0.3, 0.4) is 0 Å². The molecule has 0 aromatic rings. The topological polar surface area (TPSA) is 157 Å². The Morgan fingerprint density at radius 2 is 1.16 bits per heavy atom. The molecule has 0 spiro atoms. The Morgan fingerprint density at radius 3 is 1.47 bits per heavy atom. The zero-order chi connectivity index (χ0) is 14.7. The van der Waals surface area contributed by atoms with E-state index in [2.05, 4.69) is 8.37 Å². The lowest BCUT2D eigenvalue weighted by Crippen LogP contribution is -2.33. The average Bonchev–Trinajstić information content (AvgIpc) is 2.28. The van der Waals surface area contributed by atoms with Crippen molar-refractivity contribution in [1.29, 1.82) is 0 Å². The van der Waals surface area contributed by atoms with Crippen molar-refractivity contribution in [2.75, 3.05) is 13.1 Å². The molecule has 0 heterocycles.